The number of carbonyl (C=O) groups excluding carboxylic acids is 1. The van der Waals surface area contributed by atoms with Gasteiger partial charge in [0.05, 0.1) is 11.9 Å². The van der Waals surface area contributed by atoms with Crippen LogP contribution >= 0.6 is 11.8 Å². The number of amides is 1. The lowest BCUT2D eigenvalue weighted by Crippen LogP contribution is -2.36. The molecule has 0 radical (unpaired) electrons. The fourth-order valence-corrected chi connectivity index (χ4v) is 2.51. The van der Waals surface area contributed by atoms with E-state index in [1.807, 2.05) is 13.8 Å². The maximum absolute atomic E-state index is 11.7. The van der Waals surface area contributed by atoms with Gasteiger partial charge >= 0.3 is 0 Å². The zero-order chi connectivity index (χ0) is 15.0. The first-order valence-electron chi connectivity index (χ1n) is 7.11. The van der Waals surface area contributed by atoms with Crippen molar-refractivity contribution in [1.82, 2.24) is 5.32 Å². The molecule has 0 aliphatic carbocycles. The van der Waals surface area contributed by atoms with Gasteiger partial charge in [-0.3, -0.25) is 4.79 Å². The molecule has 2 unspecified atom stereocenters. The number of hydrogen-bond donors (Lipinski definition) is 2. The van der Waals surface area contributed by atoms with Gasteiger partial charge < -0.3 is 10.4 Å². The van der Waals surface area contributed by atoms with Crippen LogP contribution in [0, 0.1) is 12.8 Å². The van der Waals surface area contributed by atoms with E-state index in [1.54, 1.807) is 11.8 Å². The van der Waals surface area contributed by atoms with E-state index in [4.69, 9.17) is 0 Å². The molecule has 0 fully saturated rings. The maximum Gasteiger partial charge on any atom is 0.230 e. The SMILES string of the molecule is CCC(C)C(O)CNC(=O)CSCc1ccc(C)cc1. The number of aliphatic hydroxyl groups excluding tert-OH is 1. The summed E-state index contributed by atoms with van der Waals surface area (Å²) in [6.45, 7) is 6.43. The average molecular weight is 295 g/mol. The molecule has 0 saturated heterocycles. The predicted molar refractivity (Wildman–Crippen MR) is 85.8 cm³/mol. The summed E-state index contributed by atoms with van der Waals surface area (Å²) >= 11 is 1.59. The quantitative estimate of drug-likeness (QED) is 0.775. The summed E-state index contributed by atoms with van der Waals surface area (Å²) in [6.07, 6.45) is 0.463. The van der Waals surface area contributed by atoms with Crippen molar-refractivity contribution in [3.05, 3.63) is 35.4 Å². The Morgan fingerprint density at radius 1 is 1.35 bits per heavy atom. The summed E-state index contributed by atoms with van der Waals surface area (Å²) in [5.41, 5.74) is 2.48. The molecular weight excluding hydrogens is 270 g/mol. The van der Waals surface area contributed by atoms with Crippen molar-refractivity contribution in [3.8, 4) is 0 Å². The Labute approximate surface area is 126 Å². The number of carbonyl (C=O) groups is 1. The summed E-state index contributed by atoms with van der Waals surface area (Å²) in [4.78, 5) is 11.7. The first kappa shape index (κ1) is 17.1. The van der Waals surface area contributed by atoms with Crippen molar-refractivity contribution in [2.75, 3.05) is 12.3 Å². The molecule has 0 saturated carbocycles. The third kappa shape index (κ3) is 6.44. The van der Waals surface area contributed by atoms with Crippen molar-refractivity contribution < 1.29 is 9.90 Å². The number of thioether (sulfide) groups is 1. The summed E-state index contributed by atoms with van der Waals surface area (Å²) in [7, 11) is 0. The number of nitrogens with one attached hydrogen (secondary N) is 1. The van der Waals surface area contributed by atoms with Gasteiger partial charge in [-0.1, -0.05) is 50.1 Å². The molecule has 20 heavy (non-hydrogen) atoms. The second-order valence-corrected chi connectivity index (χ2v) is 6.22. The summed E-state index contributed by atoms with van der Waals surface area (Å²) in [6, 6.07) is 8.34. The fourth-order valence-electron chi connectivity index (χ4n) is 1.69. The monoisotopic (exact) mass is 295 g/mol. The van der Waals surface area contributed by atoms with Crippen LogP contribution in [-0.4, -0.2) is 29.4 Å². The van der Waals surface area contributed by atoms with Crippen LogP contribution in [-0.2, 0) is 10.5 Å². The lowest BCUT2D eigenvalue weighted by atomic mass is 10.0. The van der Waals surface area contributed by atoms with Crippen LogP contribution in [0.4, 0.5) is 0 Å². The van der Waals surface area contributed by atoms with Gasteiger partial charge in [-0.2, -0.15) is 0 Å². The third-order valence-corrected chi connectivity index (χ3v) is 4.44. The zero-order valence-electron chi connectivity index (χ0n) is 12.6. The molecule has 0 spiro atoms. The zero-order valence-corrected chi connectivity index (χ0v) is 13.4. The number of benzene rings is 1. The summed E-state index contributed by atoms with van der Waals surface area (Å²) < 4.78 is 0. The van der Waals surface area contributed by atoms with Gasteiger partial charge in [0, 0.05) is 12.3 Å². The number of rotatable bonds is 8. The number of aryl methyl sites for hydroxylation is 1. The highest BCUT2D eigenvalue weighted by atomic mass is 32.2. The van der Waals surface area contributed by atoms with E-state index in [9.17, 15) is 9.90 Å². The first-order valence-corrected chi connectivity index (χ1v) is 8.26. The van der Waals surface area contributed by atoms with Gasteiger partial charge in [0.15, 0.2) is 0 Å². The molecule has 0 aromatic heterocycles. The van der Waals surface area contributed by atoms with E-state index in [2.05, 4.69) is 36.5 Å². The lowest BCUT2D eigenvalue weighted by molar-refractivity contribution is -0.119. The molecule has 0 aliphatic heterocycles. The van der Waals surface area contributed by atoms with Crippen LogP contribution in [0.1, 0.15) is 31.4 Å². The van der Waals surface area contributed by atoms with Gasteiger partial charge in [-0.05, 0) is 18.4 Å². The van der Waals surface area contributed by atoms with E-state index < -0.39 is 6.10 Å². The lowest BCUT2D eigenvalue weighted by Gasteiger charge is -2.17. The second kappa shape index (κ2) is 9.03. The van der Waals surface area contributed by atoms with E-state index in [0.717, 1.165) is 12.2 Å². The van der Waals surface area contributed by atoms with E-state index >= 15 is 0 Å². The minimum atomic E-state index is -0.453. The topological polar surface area (TPSA) is 49.3 Å². The fraction of sp³-hybridized carbons (Fsp3) is 0.562. The van der Waals surface area contributed by atoms with Crippen LogP contribution in [0.15, 0.2) is 24.3 Å². The van der Waals surface area contributed by atoms with E-state index in [1.165, 1.54) is 11.1 Å². The van der Waals surface area contributed by atoms with Crippen molar-refractivity contribution in [2.24, 2.45) is 5.92 Å². The van der Waals surface area contributed by atoms with Crippen LogP contribution in [0.2, 0.25) is 0 Å². The Balaban J connectivity index is 2.18. The average Bonchev–Trinajstić information content (AvgIpc) is 2.46. The molecular formula is C16H25NO2S. The van der Waals surface area contributed by atoms with Crippen LogP contribution in [0.25, 0.3) is 0 Å². The minimum Gasteiger partial charge on any atom is -0.391 e. The van der Waals surface area contributed by atoms with Gasteiger partial charge in [0.25, 0.3) is 0 Å². The molecule has 2 N–H and O–H groups in total. The van der Waals surface area contributed by atoms with Crippen molar-refractivity contribution in [3.63, 3.8) is 0 Å². The number of aliphatic hydroxyl groups is 1. The number of hydrogen-bond acceptors (Lipinski definition) is 3. The molecule has 1 rings (SSSR count). The minimum absolute atomic E-state index is 0.00975. The molecule has 4 heteroatoms. The molecule has 1 aromatic rings. The highest BCUT2D eigenvalue weighted by Crippen LogP contribution is 2.12. The maximum atomic E-state index is 11.7. The summed E-state index contributed by atoms with van der Waals surface area (Å²) in [5, 5.41) is 12.6. The summed E-state index contributed by atoms with van der Waals surface area (Å²) in [5.74, 6) is 1.47. The highest BCUT2D eigenvalue weighted by Gasteiger charge is 2.13. The largest absolute Gasteiger partial charge is 0.391 e. The first-order chi connectivity index (χ1) is 9.52. The van der Waals surface area contributed by atoms with Crippen molar-refractivity contribution in [1.29, 1.82) is 0 Å². The Hall–Kier alpha value is -1.00. The van der Waals surface area contributed by atoms with Crippen molar-refractivity contribution in [2.45, 2.75) is 39.0 Å². The molecule has 112 valence electrons. The van der Waals surface area contributed by atoms with Crippen LogP contribution in [0.5, 0.6) is 0 Å². The second-order valence-electron chi connectivity index (χ2n) is 5.24. The van der Waals surface area contributed by atoms with E-state index in [-0.39, 0.29) is 11.8 Å². The van der Waals surface area contributed by atoms with Crippen LogP contribution in [0.3, 0.4) is 0 Å². The Morgan fingerprint density at radius 3 is 2.60 bits per heavy atom. The van der Waals surface area contributed by atoms with E-state index in [0.29, 0.717) is 12.3 Å². The van der Waals surface area contributed by atoms with Crippen LogP contribution < -0.4 is 5.32 Å². The highest BCUT2D eigenvalue weighted by molar-refractivity contribution is 7.99. The molecule has 1 amide bonds. The normalized spacial score (nSPS) is 13.8. The molecule has 1 aromatic carbocycles. The predicted octanol–water partition coefficient (Wildman–Crippen LogP) is 2.75. The molecule has 0 bridgehead atoms. The third-order valence-electron chi connectivity index (χ3n) is 3.43. The van der Waals surface area contributed by atoms with Gasteiger partial charge in [0.2, 0.25) is 5.91 Å². The Morgan fingerprint density at radius 2 is 2.00 bits per heavy atom. The van der Waals surface area contributed by atoms with Gasteiger partial charge in [-0.15, -0.1) is 11.8 Å². The smallest absolute Gasteiger partial charge is 0.230 e. The molecule has 2 atom stereocenters. The molecule has 0 aliphatic rings. The standard InChI is InChI=1S/C16H25NO2S/c1-4-13(3)15(18)9-17-16(19)11-20-10-14-7-5-12(2)6-8-14/h5-8,13,15,18H,4,9-11H2,1-3H3,(H,17,19). The molecule has 3 nitrogen and oxygen atoms in total. The molecule has 0 heterocycles. The van der Waals surface area contributed by atoms with Gasteiger partial charge in [-0.25, -0.2) is 0 Å². The van der Waals surface area contributed by atoms with Crippen molar-refractivity contribution >= 4 is 17.7 Å². The Kier molecular flexibility index (Phi) is 7.70. The van der Waals surface area contributed by atoms with Gasteiger partial charge in [0.1, 0.15) is 0 Å². The Bertz CT molecular complexity index is 405.